The van der Waals surface area contributed by atoms with Crippen molar-refractivity contribution >= 4 is 78.0 Å². The van der Waals surface area contributed by atoms with E-state index in [1.165, 1.54) is 44.5 Å². The van der Waals surface area contributed by atoms with Crippen LogP contribution in [0.15, 0.2) is 397 Å². The molecule has 0 N–H and O–H groups in total. The average Bonchev–Trinajstić information content (AvgIpc) is 1.56. The molecular formula is C96H64N2O2. The van der Waals surface area contributed by atoms with Gasteiger partial charge in [-0.2, -0.15) is 0 Å². The van der Waals surface area contributed by atoms with Crippen molar-refractivity contribution in [2.75, 3.05) is 9.80 Å². The summed E-state index contributed by atoms with van der Waals surface area (Å²) in [6.45, 7) is 0. The Morgan fingerprint density at radius 1 is 0.150 bits per heavy atom. The highest BCUT2D eigenvalue weighted by Crippen LogP contribution is 2.47. The van der Waals surface area contributed by atoms with Gasteiger partial charge in [0.05, 0.1) is 0 Å². The van der Waals surface area contributed by atoms with Gasteiger partial charge in [-0.3, -0.25) is 0 Å². The van der Waals surface area contributed by atoms with Crippen molar-refractivity contribution in [1.29, 1.82) is 0 Å². The molecule has 0 spiro atoms. The molecule has 2 aromatic heterocycles. The second-order valence-electron chi connectivity index (χ2n) is 25.5. The molecule has 0 unspecified atom stereocenters. The summed E-state index contributed by atoms with van der Waals surface area (Å²) in [5, 5.41) is 4.33. The molecule has 470 valence electrons. The summed E-state index contributed by atoms with van der Waals surface area (Å²) in [6.07, 6.45) is 0. The topological polar surface area (TPSA) is 32.8 Å². The molecule has 0 saturated carbocycles. The third kappa shape index (κ3) is 11.3. The normalized spacial score (nSPS) is 11.4. The van der Waals surface area contributed by atoms with E-state index in [-0.39, 0.29) is 0 Å². The van der Waals surface area contributed by atoms with Crippen molar-refractivity contribution in [3.63, 3.8) is 0 Å². The Morgan fingerprint density at radius 2 is 0.420 bits per heavy atom. The first-order valence-corrected chi connectivity index (χ1v) is 34.1. The highest BCUT2D eigenvalue weighted by atomic mass is 16.3. The van der Waals surface area contributed by atoms with Crippen LogP contribution in [0.4, 0.5) is 34.1 Å². The molecule has 0 saturated heterocycles. The van der Waals surface area contributed by atoms with Gasteiger partial charge in [0.2, 0.25) is 0 Å². The Labute approximate surface area is 581 Å². The monoisotopic (exact) mass is 1280 g/mol. The van der Waals surface area contributed by atoms with Gasteiger partial charge < -0.3 is 18.6 Å². The van der Waals surface area contributed by atoms with Crippen LogP contribution in [0.5, 0.6) is 0 Å². The van der Waals surface area contributed by atoms with Gasteiger partial charge in [-0.1, -0.05) is 279 Å². The molecule has 0 radical (unpaired) electrons. The minimum Gasteiger partial charge on any atom is -0.456 e. The maximum atomic E-state index is 7.23. The Balaban J connectivity index is 0.686. The smallest absolute Gasteiger partial charge is 0.143 e. The maximum absolute atomic E-state index is 7.23. The van der Waals surface area contributed by atoms with Crippen LogP contribution in [0, 0.1) is 0 Å². The molecule has 0 bridgehead atoms. The number of rotatable bonds is 15. The largest absolute Gasteiger partial charge is 0.456 e. The number of benzene rings is 16. The summed E-state index contributed by atoms with van der Waals surface area (Å²) in [4.78, 5) is 4.69. The number of nitrogens with zero attached hydrogens (tertiary/aromatic N) is 2. The zero-order valence-electron chi connectivity index (χ0n) is 54.7. The van der Waals surface area contributed by atoms with Crippen molar-refractivity contribution < 1.29 is 8.83 Å². The van der Waals surface area contributed by atoms with E-state index in [2.05, 4.69) is 398 Å². The summed E-state index contributed by atoms with van der Waals surface area (Å²) < 4.78 is 13.6. The molecule has 0 amide bonds. The van der Waals surface area contributed by atoms with Crippen LogP contribution in [-0.2, 0) is 0 Å². The summed E-state index contributed by atoms with van der Waals surface area (Å²) in [5.74, 6) is 0. The van der Waals surface area contributed by atoms with E-state index in [9.17, 15) is 0 Å². The first-order chi connectivity index (χ1) is 49.5. The molecule has 4 nitrogen and oxygen atoms in total. The van der Waals surface area contributed by atoms with Crippen molar-refractivity contribution in [2.45, 2.75) is 0 Å². The molecule has 18 rings (SSSR count). The lowest BCUT2D eigenvalue weighted by atomic mass is 9.90. The Hall–Kier alpha value is -13.3. The zero-order chi connectivity index (χ0) is 66.3. The summed E-state index contributed by atoms with van der Waals surface area (Å²) >= 11 is 0. The number of furan rings is 2. The molecule has 0 aliphatic carbocycles. The van der Waals surface area contributed by atoms with E-state index in [0.29, 0.717) is 0 Å². The first kappa shape index (κ1) is 59.2. The van der Waals surface area contributed by atoms with E-state index in [4.69, 9.17) is 8.83 Å². The fourth-order valence-electron chi connectivity index (χ4n) is 14.4. The van der Waals surface area contributed by atoms with E-state index in [1.807, 2.05) is 0 Å². The van der Waals surface area contributed by atoms with E-state index >= 15 is 0 Å². The molecule has 100 heavy (non-hydrogen) atoms. The van der Waals surface area contributed by atoms with Gasteiger partial charge in [0.25, 0.3) is 0 Å². The highest BCUT2D eigenvalue weighted by molar-refractivity contribution is 6.15. The number of hydrogen-bond donors (Lipinski definition) is 0. The van der Waals surface area contributed by atoms with E-state index in [1.54, 1.807) is 0 Å². The predicted molar refractivity (Wildman–Crippen MR) is 419 cm³/mol. The Kier molecular flexibility index (Phi) is 15.2. The summed E-state index contributed by atoms with van der Waals surface area (Å²) in [6, 6.07) is 139. The molecule has 2 heterocycles. The second-order valence-corrected chi connectivity index (χ2v) is 25.5. The lowest BCUT2D eigenvalue weighted by molar-refractivity contribution is 0.669. The lowest BCUT2D eigenvalue weighted by Crippen LogP contribution is -2.09. The average molecular weight is 1280 g/mol. The van der Waals surface area contributed by atoms with Crippen LogP contribution in [0.1, 0.15) is 0 Å². The van der Waals surface area contributed by atoms with Crippen LogP contribution in [0.3, 0.4) is 0 Å². The predicted octanol–water partition coefficient (Wildman–Crippen LogP) is 27.4. The molecule has 0 atom stereocenters. The van der Waals surface area contributed by atoms with Crippen LogP contribution in [0.2, 0.25) is 0 Å². The van der Waals surface area contributed by atoms with Crippen LogP contribution >= 0.6 is 0 Å². The molecular weight excluding hydrogens is 1210 g/mol. The second kappa shape index (κ2) is 25.7. The van der Waals surface area contributed by atoms with Gasteiger partial charge in [-0.25, -0.2) is 0 Å². The summed E-state index contributed by atoms with van der Waals surface area (Å²) in [5.41, 5.74) is 30.2. The van der Waals surface area contributed by atoms with Gasteiger partial charge in [0.1, 0.15) is 22.3 Å². The number of fused-ring (bicyclic) bond motifs is 6. The molecule has 4 heteroatoms. The molecule has 0 aliphatic heterocycles. The van der Waals surface area contributed by atoms with E-state index in [0.717, 1.165) is 134 Å². The number of anilines is 6. The molecule has 16 aromatic carbocycles. The number of hydrogen-bond acceptors (Lipinski definition) is 4. The third-order valence-corrected chi connectivity index (χ3v) is 19.5. The van der Waals surface area contributed by atoms with Gasteiger partial charge >= 0.3 is 0 Å². The van der Waals surface area contributed by atoms with Gasteiger partial charge in [0, 0.05) is 66.8 Å². The Bertz CT molecular complexity index is 5850. The van der Waals surface area contributed by atoms with Gasteiger partial charge in [0.15, 0.2) is 0 Å². The molecule has 18 aromatic rings. The molecule has 0 fully saturated rings. The standard InChI is InChI=1S/C96H64N2O2/c1-6-19-65(20-7-1)69-33-47-79(48-34-69)97(80-49-35-70(36-50-80)66-21-8-2-9-22-66)84-57-43-75(44-58-84)87-31-18-32-88-92-64-78(63-89(96(92)100-95(87)88)73-27-14-5-15-28-73)86-30-17-16-29-85(86)74-41-55-83(56-42-74)98(81-51-37-71(38-52-81)67-23-10-3-11-24-67)82-53-39-72(40-54-82)77-46-60-94-91(62-77)90-61-76(45-59-93(90)99-94)68-25-12-4-13-26-68/h1-64H. The fraction of sp³-hybridized carbons (Fsp3) is 0. The number of para-hydroxylation sites is 1. The van der Waals surface area contributed by atoms with Crippen molar-refractivity contribution in [2.24, 2.45) is 0 Å². The first-order valence-electron chi connectivity index (χ1n) is 34.1. The minimum absolute atomic E-state index is 0.851. The van der Waals surface area contributed by atoms with Crippen LogP contribution in [0.25, 0.3) is 144 Å². The fourth-order valence-corrected chi connectivity index (χ4v) is 14.4. The van der Waals surface area contributed by atoms with Gasteiger partial charge in [-0.15, -0.1) is 0 Å². The Morgan fingerprint density at radius 3 is 0.820 bits per heavy atom. The SMILES string of the molecule is c1ccc(-c2ccc(N(c3ccc(-c4ccc5oc6ccc(-c7ccccc7)cc6c5c4)cc3)c3ccc(-c4ccccc4-c4cc(-c5ccccc5)c5oc6c(-c7ccc(N(c8ccc(-c9ccccc9)cc8)c8ccc(-c9ccccc9)cc8)cc7)cccc6c5c4)cc3)cc2)cc1. The third-order valence-electron chi connectivity index (χ3n) is 19.5. The maximum Gasteiger partial charge on any atom is 0.143 e. The lowest BCUT2D eigenvalue weighted by Gasteiger charge is -2.26. The quantitative estimate of drug-likeness (QED) is 0.102. The van der Waals surface area contributed by atoms with Crippen LogP contribution in [-0.4, -0.2) is 0 Å². The van der Waals surface area contributed by atoms with Crippen molar-refractivity contribution in [3.8, 4) is 100 Å². The zero-order valence-corrected chi connectivity index (χ0v) is 54.7. The summed E-state index contributed by atoms with van der Waals surface area (Å²) in [7, 11) is 0. The van der Waals surface area contributed by atoms with Crippen molar-refractivity contribution in [3.05, 3.63) is 388 Å². The van der Waals surface area contributed by atoms with E-state index < -0.39 is 0 Å². The van der Waals surface area contributed by atoms with Crippen LogP contribution < -0.4 is 9.80 Å². The van der Waals surface area contributed by atoms with Crippen molar-refractivity contribution in [1.82, 2.24) is 0 Å². The minimum atomic E-state index is 0.851. The van der Waals surface area contributed by atoms with Gasteiger partial charge in [-0.05, 0) is 198 Å². The molecule has 0 aliphatic rings. The highest BCUT2D eigenvalue weighted by Gasteiger charge is 2.22.